The number of nitrogens with zero attached hydrogens (tertiary/aromatic N) is 5. The first-order valence-electron chi connectivity index (χ1n) is 15.9. The van der Waals surface area contributed by atoms with Gasteiger partial charge in [-0.05, 0) is 43.9 Å². The number of urea groups is 1. The number of ether oxygens (including phenoxy) is 3. The number of hydrogen-bond acceptors (Lipinski definition) is 14. The first kappa shape index (κ1) is 39.1. The number of aromatic nitrogens is 3. The van der Waals surface area contributed by atoms with Crippen molar-refractivity contribution in [2.75, 3.05) is 48.2 Å². The molecule has 2 N–H and O–H groups in total. The Morgan fingerprint density at radius 1 is 1.00 bits per heavy atom. The Kier molecular flexibility index (Phi) is 11.5. The van der Waals surface area contributed by atoms with Gasteiger partial charge in [-0.3, -0.25) is 24.6 Å². The molecule has 1 aliphatic carbocycles. The number of sulfone groups is 1. The van der Waals surface area contributed by atoms with Gasteiger partial charge < -0.3 is 14.2 Å². The van der Waals surface area contributed by atoms with Gasteiger partial charge in [0.05, 0.1) is 44.0 Å². The molecule has 2 aliphatic heterocycles. The van der Waals surface area contributed by atoms with Gasteiger partial charge in [0.25, 0.3) is 27.7 Å². The van der Waals surface area contributed by atoms with Crippen LogP contribution in [0.5, 0.6) is 17.5 Å². The van der Waals surface area contributed by atoms with E-state index in [0.29, 0.717) is 24.0 Å². The minimum Gasteiger partial charge on any atom is -0.481 e. The number of amides is 5. The van der Waals surface area contributed by atoms with Crippen molar-refractivity contribution in [2.45, 2.75) is 42.5 Å². The van der Waals surface area contributed by atoms with Gasteiger partial charge in [-0.25, -0.2) is 32.2 Å². The predicted molar refractivity (Wildman–Crippen MR) is 188 cm³/mol. The van der Waals surface area contributed by atoms with Crippen LogP contribution in [0.2, 0.25) is 0 Å². The van der Waals surface area contributed by atoms with Crippen molar-refractivity contribution in [1.82, 2.24) is 19.7 Å². The highest BCUT2D eigenvalue weighted by atomic mass is 32.2. The van der Waals surface area contributed by atoms with E-state index in [9.17, 15) is 40.4 Å². The third-order valence-electron chi connectivity index (χ3n) is 8.11. The SMILES string of the molecule is C#CCN1C(=O)COc2cc(F)c(N3C(=O)C4=C(CCCC4)C3=O)cc21.CCS(=O)(=O)c1cccnc1S(=O)(=O)NC(=O)Nc1nc(OC)cc(OC)n1. The second-order valence-corrected chi connectivity index (χ2v) is 15.2. The number of terminal acetylenes is 1. The molecule has 0 spiro atoms. The molecule has 0 radical (unpaired) electrons. The molecule has 1 aromatic carbocycles. The number of nitrogens with one attached hydrogen (secondary N) is 2. The number of imide groups is 1. The normalized spacial score (nSPS) is 15.3. The number of benzene rings is 1. The third kappa shape index (κ3) is 7.93. The number of methoxy groups -OCH3 is 2. The van der Waals surface area contributed by atoms with Gasteiger partial charge in [-0.2, -0.15) is 18.4 Å². The number of rotatable bonds is 9. The summed E-state index contributed by atoms with van der Waals surface area (Å²) in [7, 11) is -5.85. The Bertz CT molecular complexity index is 2300. The molecular weight excluding hydrogens is 754 g/mol. The monoisotopic (exact) mass is 785 g/mol. The van der Waals surface area contributed by atoms with E-state index in [1.807, 2.05) is 0 Å². The lowest BCUT2D eigenvalue weighted by atomic mass is 9.93. The summed E-state index contributed by atoms with van der Waals surface area (Å²) in [6.07, 6.45) is 9.11. The number of halogens is 1. The summed E-state index contributed by atoms with van der Waals surface area (Å²) in [6, 6.07) is 4.84. The highest BCUT2D eigenvalue weighted by Gasteiger charge is 2.42. The number of hydrogen-bond donors (Lipinski definition) is 2. The molecule has 54 heavy (non-hydrogen) atoms. The van der Waals surface area contributed by atoms with Crippen LogP contribution in [-0.2, 0) is 34.2 Å². The second kappa shape index (κ2) is 15.8. The Morgan fingerprint density at radius 2 is 1.63 bits per heavy atom. The van der Waals surface area contributed by atoms with E-state index in [-0.39, 0.29) is 59.6 Å². The van der Waals surface area contributed by atoms with E-state index in [0.717, 1.165) is 36.1 Å². The zero-order chi connectivity index (χ0) is 39.4. The summed E-state index contributed by atoms with van der Waals surface area (Å²) in [5.41, 5.74) is 0.992. The number of carbonyl (C=O) groups is 4. The summed E-state index contributed by atoms with van der Waals surface area (Å²) in [6.45, 7) is 1.09. The molecule has 284 valence electrons. The van der Waals surface area contributed by atoms with Crippen LogP contribution in [0.15, 0.2) is 57.6 Å². The van der Waals surface area contributed by atoms with Gasteiger partial charge in [-0.15, -0.1) is 6.42 Å². The molecule has 5 amide bonds. The third-order valence-corrected chi connectivity index (χ3v) is 11.3. The van der Waals surface area contributed by atoms with Gasteiger partial charge in [0.15, 0.2) is 27.3 Å². The summed E-state index contributed by atoms with van der Waals surface area (Å²) in [4.78, 5) is 62.4. The topological polar surface area (TPSA) is 233 Å². The van der Waals surface area contributed by atoms with Crippen LogP contribution in [0, 0.1) is 18.2 Å². The average molecular weight is 786 g/mol. The largest absolute Gasteiger partial charge is 0.481 e. The van der Waals surface area contributed by atoms with Crippen molar-refractivity contribution < 1.29 is 54.6 Å². The van der Waals surface area contributed by atoms with Gasteiger partial charge in [0.2, 0.25) is 17.7 Å². The van der Waals surface area contributed by atoms with Gasteiger partial charge in [0, 0.05) is 23.4 Å². The maximum Gasteiger partial charge on any atom is 0.335 e. The van der Waals surface area contributed by atoms with Crippen LogP contribution in [0.4, 0.5) is 26.5 Å². The average Bonchev–Trinajstić information content (AvgIpc) is 3.41. The number of carbonyl (C=O) groups excluding carboxylic acids is 4. The molecule has 0 unspecified atom stereocenters. The molecule has 4 heterocycles. The fraction of sp³-hybridized carbons (Fsp3) is 0.303. The molecule has 18 nitrogen and oxygen atoms in total. The number of anilines is 3. The minimum absolute atomic E-state index is 0.0170. The molecule has 2 aromatic heterocycles. The summed E-state index contributed by atoms with van der Waals surface area (Å²) in [5.74, 6) is -0.114. The van der Waals surface area contributed by atoms with Crippen molar-refractivity contribution in [3.63, 3.8) is 0 Å². The first-order chi connectivity index (χ1) is 25.6. The Hall–Kier alpha value is -6.14. The van der Waals surface area contributed by atoms with Crippen LogP contribution in [-0.4, -0.2) is 88.7 Å². The molecule has 6 rings (SSSR count). The highest BCUT2D eigenvalue weighted by Crippen LogP contribution is 2.41. The van der Waals surface area contributed by atoms with Crippen LogP contribution < -0.4 is 34.0 Å². The van der Waals surface area contributed by atoms with E-state index in [2.05, 4.69) is 26.2 Å². The van der Waals surface area contributed by atoms with E-state index in [4.69, 9.17) is 20.6 Å². The van der Waals surface area contributed by atoms with Crippen molar-refractivity contribution in [2.24, 2.45) is 0 Å². The molecule has 0 saturated heterocycles. The van der Waals surface area contributed by atoms with Gasteiger partial charge in [0.1, 0.15) is 10.6 Å². The Balaban J connectivity index is 0.000000208. The molecule has 0 atom stereocenters. The standard InChI is InChI=1S/C19H15FN2O4.C14H17N5O7S2/c1-2-7-21-15-9-14(13(20)8-16(15)26-10-17(21)23)22-18(24)11-5-3-4-6-12(11)19(22)25;1-4-27(21,22)9-6-5-7-15-12(9)28(23,24)19-14(20)18-13-16-10(25-2)8-11(17-13)26-3/h1,8-9H,3-7,10H2;5-8H,4H2,1-3H3,(H2,16,17,18,19,20). The lowest BCUT2D eigenvalue weighted by Gasteiger charge is -2.29. The van der Waals surface area contributed by atoms with E-state index in [1.165, 1.54) is 44.2 Å². The number of pyridine rings is 1. The summed E-state index contributed by atoms with van der Waals surface area (Å²) in [5, 5.41) is 1.31. The Labute approximate surface area is 308 Å². The van der Waals surface area contributed by atoms with Crippen LogP contribution in [0.1, 0.15) is 32.6 Å². The van der Waals surface area contributed by atoms with E-state index >= 15 is 0 Å². The highest BCUT2D eigenvalue weighted by molar-refractivity contribution is 7.93. The van der Waals surface area contributed by atoms with Crippen molar-refractivity contribution in [3.8, 4) is 29.9 Å². The molecule has 0 saturated carbocycles. The zero-order valence-corrected chi connectivity index (χ0v) is 30.5. The quantitative estimate of drug-likeness (QED) is 0.234. The summed E-state index contributed by atoms with van der Waals surface area (Å²) < 4.78 is 80.6. The molecule has 0 fully saturated rings. The second-order valence-electron chi connectivity index (χ2n) is 11.4. The first-order valence-corrected chi connectivity index (χ1v) is 19.1. The van der Waals surface area contributed by atoms with Crippen molar-refractivity contribution >= 4 is 60.9 Å². The van der Waals surface area contributed by atoms with Crippen molar-refractivity contribution in [1.29, 1.82) is 0 Å². The lowest BCUT2D eigenvalue weighted by Crippen LogP contribution is -2.39. The lowest BCUT2D eigenvalue weighted by molar-refractivity contribution is -0.121. The molecular formula is C33H32FN7O11S2. The zero-order valence-electron chi connectivity index (χ0n) is 28.9. The fourth-order valence-electron chi connectivity index (χ4n) is 5.54. The summed E-state index contributed by atoms with van der Waals surface area (Å²) >= 11 is 0. The molecule has 3 aliphatic rings. The smallest absolute Gasteiger partial charge is 0.335 e. The van der Waals surface area contributed by atoms with E-state index in [1.54, 1.807) is 4.72 Å². The molecule has 0 bridgehead atoms. The van der Waals surface area contributed by atoms with Crippen LogP contribution in [0.3, 0.4) is 0 Å². The minimum atomic E-state index is -4.61. The maximum atomic E-state index is 14.7. The van der Waals surface area contributed by atoms with Gasteiger partial charge >= 0.3 is 6.03 Å². The number of sulfonamides is 1. The molecule has 21 heteroatoms. The van der Waals surface area contributed by atoms with Gasteiger partial charge in [-0.1, -0.05) is 12.8 Å². The maximum absolute atomic E-state index is 14.7. The predicted octanol–water partition coefficient (Wildman–Crippen LogP) is 2.12. The van der Waals surface area contributed by atoms with Crippen molar-refractivity contribution in [3.05, 3.63) is 53.5 Å². The molecule has 3 aromatic rings. The van der Waals surface area contributed by atoms with Crippen LogP contribution in [0.25, 0.3) is 0 Å². The van der Waals surface area contributed by atoms with Crippen LogP contribution >= 0.6 is 0 Å². The number of fused-ring (bicyclic) bond motifs is 1. The fourth-order valence-corrected chi connectivity index (χ4v) is 8.09. The Morgan fingerprint density at radius 3 is 2.20 bits per heavy atom. The van der Waals surface area contributed by atoms with E-state index < -0.39 is 53.4 Å².